The van der Waals surface area contributed by atoms with Gasteiger partial charge in [-0.05, 0) is 31.2 Å². The lowest BCUT2D eigenvalue weighted by Crippen LogP contribution is -2.13. The molecule has 3 aromatic carbocycles. The minimum Gasteiger partial charge on any atom is -0.351 e. The third-order valence-corrected chi connectivity index (χ3v) is 4.92. The van der Waals surface area contributed by atoms with Crippen LogP contribution in [0.2, 0.25) is 0 Å². The number of nitro benzene ring substituents is 1. The Morgan fingerprint density at radius 3 is 2.25 bits per heavy atom. The second kappa shape index (κ2) is 9.13. The van der Waals surface area contributed by atoms with Gasteiger partial charge in [-0.25, -0.2) is 0 Å². The molecule has 1 aromatic heterocycles. The van der Waals surface area contributed by atoms with E-state index in [1.807, 2.05) is 66.3 Å². The van der Waals surface area contributed by atoms with Crippen molar-refractivity contribution in [1.82, 2.24) is 9.78 Å². The fourth-order valence-electron chi connectivity index (χ4n) is 3.26. The summed E-state index contributed by atoms with van der Waals surface area (Å²) in [5, 5.41) is 21.8. The van der Waals surface area contributed by atoms with Gasteiger partial charge in [-0.3, -0.25) is 19.6 Å². The lowest BCUT2D eigenvalue weighted by Gasteiger charge is -2.13. The van der Waals surface area contributed by atoms with E-state index in [2.05, 4.69) is 15.7 Å². The Morgan fingerprint density at radius 1 is 0.938 bits per heavy atom. The molecular weight excluding hydrogens is 406 g/mol. The van der Waals surface area contributed by atoms with Crippen LogP contribution in [0.25, 0.3) is 11.3 Å². The van der Waals surface area contributed by atoms with E-state index in [0.29, 0.717) is 16.9 Å². The highest BCUT2D eigenvalue weighted by molar-refractivity contribution is 6.06. The van der Waals surface area contributed by atoms with E-state index < -0.39 is 4.92 Å². The smallest absolute Gasteiger partial charge is 0.269 e. The molecule has 0 saturated heterocycles. The first kappa shape index (κ1) is 20.8. The van der Waals surface area contributed by atoms with Crippen molar-refractivity contribution in [1.29, 1.82) is 0 Å². The SMILES string of the molecule is CCn1cc(Nc2ccccc2NC(=O)c2ccc([N+](=O)[O-])cc2)c(-c2ccccc2)n1. The van der Waals surface area contributed by atoms with E-state index in [9.17, 15) is 14.9 Å². The number of aromatic nitrogens is 2. The van der Waals surface area contributed by atoms with Crippen molar-refractivity contribution >= 4 is 28.7 Å². The predicted molar refractivity (Wildman–Crippen MR) is 124 cm³/mol. The molecule has 8 heteroatoms. The Morgan fingerprint density at radius 2 is 1.59 bits per heavy atom. The number of aryl methyl sites for hydroxylation is 1. The third kappa shape index (κ3) is 4.49. The molecule has 4 rings (SSSR count). The van der Waals surface area contributed by atoms with E-state index in [1.165, 1.54) is 24.3 Å². The molecule has 32 heavy (non-hydrogen) atoms. The number of carbonyl (C=O) groups excluding carboxylic acids is 1. The van der Waals surface area contributed by atoms with Crippen LogP contribution in [0.15, 0.2) is 85.1 Å². The van der Waals surface area contributed by atoms with Crippen LogP contribution in [0.1, 0.15) is 17.3 Å². The Balaban J connectivity index is 1.60. The normalized spacial score (nSPS) is 10.5. The van der Waals surface area contributed by atoms with Gasteiger partial charge in [0.2, 0.25) is 0 Å². The van der Waals surface area contributed by atoms with Gasteiger partial charge >= 0.3 is 0 Å². The van der Waals surface area contributed by atoms with E-state index in [-0.39, 0.29) is 11.6 Å². The van der Waals surface area contributed by atoms with Gasteiger partial charge in [0.05, 0.1) is 22.0 Å². The summed E-state index contributed by atoms with van der Waals surface area (Å²) in [5.41, 5.74) is 4.16. The molecule has 0 aliphatic rings. The quantitative estimate of drug-likeness (QED) is 0.301. The van der Waals surface area contributed by atoms with E-state index in [4.69, 9.17) is 0 Å². The second-order valence-corrected chi connectivity index (χ2v) is 7.04. The molecule has 0 bridgehead atoms. The molecule has 4 aromatic rings. The predicted octanol–water partition coefficient (Wildman–Crippen LogP) is 5.47. The number of nitrogens with one attached hydrogen (secondary N) is 2. The Kier molecular flexibility index (Phi) is 5.94. The summed E-state index contributed by atoms with van der Waals surface area (Å²) in [5.74, 6) is -0.360. The van der Waals surface area contributed by atoms with E-state index >= 15 is 0 Å². The van der Waals surface area contributed by atoms with Crippen molar-refractivity contribution in [3.05, 3.63) is 101 Å². The number of non-ortho nitro benzene ring substituents is 1. The molecule has 8 nitrogen and oxygen atoms in total. The maximum atomic E-state index is 12.7. The van der Waals surface area contributed by atoms with Gasteiger partial charge in [0.1, 0.15) is 5.69 Å². The number of anilines is 3. The number of nitro groups is 1. The molecule has 1 heterocycles. The van der Waals surface area contributed by atoms with E-state index in [1.54, 1.807) is 6.07 Å². The molecule has 160 valence electrons. The van der Waals surface area contributed by atoms with Gasteiger partial charge in [-0.2, -0.15) is 5.10 Å². The van der Waals surface area contributed by atoms with Crippen molar-refractivity contribution in [2.24, 2.45) is 0 Å². The largest absolute Gasteiger partial charge is 0.351 e. The molecule has 0 spiro atoms. The van der Waals surface area contributed by atoms with Crippen LogP contribution < -0.4 is 10.6 Å². The van der Waals surface area contributed by atoms with Gasteiger partial charge in [-0.15, -0.1) is 0 Å². The summed E-state index contributed by atoms with van der Waals surface area (Å²) < 4.78 is 1.85. The first-order valence-electron chi connectivity index (χ1n) is 10.1. The van der Waals surface area contributed by atoms with Crippen molar-refractivity contribution in [3.63, 3.8) is 0 Å². The molecule has 0 aliphatic heterocycles. The van der Waals surface area contributed by atoms with Crippen LogP contribution in [-0.4, -0.2) is 20.6 Å². The molecule has 2 N–H and O–H groups in total. The minimum absolute atomic E-state index is 0.0648. The topological polar surface area (TPSA) is 102 Å². The van der Waals surface area contributed by atoms with Crippen LogP contribution >= 0.6 is 0 Å². The molecular formula is C24H21N5O3. The third-order valence-electron chi connectivity index (χ3n) is 4.92. The highest BCUT2D eigenvalue weighted by atomic mass is 16.6. The maximum Gasteiger partial charge on any atom is 0.269 e. The standard InChI is InChI=1S/C24H21N5O3/c1-2-28-16-22(23(27-28)17-8-4-3-5-9-17)25-20-10-6-7-11-21(20)26-24(30)18-12-14-19(15-13-18)29(31)32/h3-16,25H,2H2,1H3,(H,26,30). The molecule has 0 atom stereocenters. The van der Waals surface area contributed by atoms with Crippen LogP contribution in [0, 0.1) is 10.1 Å². The molecule has 0 radical (unpaired) electrons. The molecule has 1 amide bonds. The summed E-state index contributed by atoms with van der Waals surface area (Å²) in [4.78, 5) is 23.0. The first-order chi connectivity index (χ1) is 15.5. The summed E-state index contributed by atoms with van der Waals surface area (Å²) in [6.07, 6.45) is 1.93. The van der Waals surface area contributed by atoms with Crippen LogP contribution in [-0.2, 0) is 6.54 Å². The van der Waals surface area contributed by atoms with Crippen molar-refractivity contribution in [2.45, 2.75) is 13.5 Å². The average molecular weight is 427 g/mol. The Bertz CT molecular complexity index is 1250. The number of hydrogen-bond donors (Lipinski definition) is 2. The number of rotatable bonds is 7. The fraction of sp³-hybridized carbons (Fsp3) is 0.0833. The monoisotopic (exact) mass is 427 g/mol. The van der Waals surface area contributed by atoms with Gasteiger partial charge in [-0.1, -0.05) is 42.5 Å². The fourth-order valence-corrected chi connectivity index (χ4v) is 3.26. The number of para-hydroxylation sites is 2. The maximum absolute atomic E-state index is 12.7. The van der Waals surface area contributed by atoms with Crippen molar-refractivity contribution < 1.29 is 9.72 Å². The van der Waals surface area contributed by atoms with Crippen molar-refractivity contribution in [2.75, 3.05) is 10.6 Å². The van der Waals surface area contributed by atoms with Gasteiger partial charge in [0.15, 0.2) is 0 Å². The molecule has 0 fully saturated rings. The van der Waals surface area contributed by atoms with E-state index in [0.717, 1.165) is 23.5 Å². The van der Waals surface area contributed by atoms with Gasteiger partial charge in [0, 0.05) is 36.0 Å². The number of nitrogens with zero attached hydrogens (tertiary/aromatic N) is 3. The number of benzene rings is 3. The highest BCUT2D eigenvalue weighted by Crippen LogP contribution is 2.32. The Labute approximate surface area is 184 Å². The zero-order chi connectivity index (χ0) is 22.5. The van der Waals surface area contributed by atoms with Crippen molar-refractivity contribution in [3.8, 4) is 11.3 Å². The minimum atomic E-state index is -0.498. The average Bonchev–Trinajstić information content (AvgIpc) is 3.24. The molecule has 0 saturated carbocycles. The number of hydrogen-bond acceptors (Lipinski definition) is 5. The lowest BCUT2D eigenvalue weighted by atomic mass is 10.1. The Hall–Kier alpha value is -4.46. The van der Waals surface area contributed by atoms with Crippen LogP contribution in [0.4, 0.5) is 22.7 Å². The van der Waals surface area contributed by atoms with Crippen LogP contribution in [0.5, 0.6) is 0 Å². The summed E-state index contributed by atoms with van der Waals surface area (Å²) in [7, 11) is 0. The second-order valence-electron chi connectivity index (χ2n) is 7.04. The molecule has 0 unspecified atom stereocenters. The lowest BCUT2D eigenvalue weighted by molar-refractivity contribution is -0.384. The zero-order valence-corrected chi connectivity index (χ0v) is 17.4. The summed E-state index contributed by atoms with van der Waals surface area (Å²) in [6.45, 7) is 2.74. The highest BCUT2D eigenvalue weighted by Gasteiger charge is 2.15. The number of carbonyl (C=O) groups is 1. The first-order valence-corrected chi connectivity index (χ1v) is 10.1. The van der Waals surface area contributed by atoms with Gasteiger partial charge < -0.3 is 10.6 Å². The molecule has 0 aliphatic carbocycles. The summed E-state index contributed by atoms with van der Waals surface area (Å²) >= 11 is 0. The van der Waals surface area contributed by atoms with Crippen LogP contribution in [0.3, 0.4) is 0 Å². The number of amides is 1. The van der Waals surface area contributed by atoms with Gasteiger partial charge in [0.25, 0.3) is 11.6 Å². The summed E-state index contributed by atoms with van der Waals surface area (Å²) in [6, 6.07) is 22.7. The zero-order valence-electron chi connectivity index (χ0n) is 17.4.